The zero-order chi connectivity index (χ0) is 23.8. The van der Waals surface area contributed by atoms with E-state index in [1.165, 1.54) is 17.3 Å². The van der Waals surface area contributed by atoms with E-state index >= 15 is 0 Å². The second-order valence-electron chi connectivity index (χ2n) is 9.76. The highest BCUT2D eigenvalue weighted by Crippen LogP contribution is 2.43. The second kappa shape index (κ2) is 9.28. The summed E-state index contributed by atoms with van der Waals surface area (Å²) in [6.07, 6.45) is 7.11. The number of hydrogen-bond acceptors (Lipinski definition) is 4. The van der Waals surface area contributed by atoms with Crippen LogP contribution in [0, 0.1) is 24.6 Å². The molecule has 0 radical (unpaired) electrons. The lowest BCUT2D eigenvalue weighted by atomic mass is 9.72. The van der Waals surface area contributed by atoms with E-state index < -0.39 is 0 Å². The highest BCUT2D eigenvalue weighted by atomic mass is 19.1. The summed E-state index contributed by atoms with van der Waals surface area (Å²) in [5.74, 6) is 0.943. The molecule has 2 aromatic carbocycles. The van der Waals surface area contributed by atoms with E-state index in [0.717, 1.165) is 59.8 Å². The number of halogens is 1. The molecule has 1 atom stereocenters. The molecular formula is C29H31FN2O2. The maximum Gasteiger partial charge on any atom is 0.338 e. The van der Waals surface area contributed by atoms with Crippen molar-refractivity contribution in [2.24, 2.45) is 16.8 Å². The number of aromatic nitrogens is 1. The quantitative estimate of drug-likeness (QED) is 0.383. The van der Waals surface area contributed by atoms with Crippen molar-refractivity contribution in [2.75, 3.05) is 6.61 Å². The van der Waals surface area contributed by atoms with Crippen LogP contribution in [0.15, 0.2) is 47.6 Å². The third-order valence-electron chi connectivity index (χ3n) is 7.70. The molecule has 4 nitrogen and oxygen atoms in total. The van der Waals surface area contributed by atoms with E-state index in [9.17, 15) is 9.18 Å². The number of aryl methyl sites for hydroxylation is 1. The first kappa shape index (κ1) is 22.7. The Morgan fingerprint density at radius 1 is 1.15 bits per heavy atom. The number of aliphatic imine (C=N–C) groups is 1. The zero-order valence-electron chi connectivity index (χ0n) is 20.1. The van der Waals surface area contributed by atoms with Gasteiger partial charge in [0.2, 0.25) is 0 Å². The van der Waals surface area contributed by atoms with Crippen molar-refractivity contribution in [3.05, 3.63) is 70.7 Å². The van der Waals surface area contributed by atoms with Crippen LogP contribution in [-0.4, -0.2) is 23.3 Å². The molecule has 1 aliphatic heterocycles. The molecular weight excluding hydrogens is 427 g/mol. The number of esters is 1. The molecule has 176 valence electrons. The van der Waals surface area contributed by atoms with Crippen LogP contribution < -0.4 is 0 Å². The molecule has 34 heavy (non-hydrogen) atoms. The van der Waals surface area contributed by atoms with Crippen molar-refractivity contribution in [1.29, 1.82) is 0 Å². The van der Waals surface area contributed by atoms with Gasteiger partial charge >= 0.3 is 5.97 Å². The molecule has 1 fully saturated rings. The average molecular weight is 459 g/mol. The van der Waals surface area contributed by atoms with Crippen molar-refractivity contribution < 1.29 is 13.9 Å². The lowest BCUT2D eigenvalue weighted by Crippen LogP contribution is -2.25. The van der Waals surface area contributed by atoms with Crippen LogP contribution in [0.3, 0.4) is 0 Å². The molecule has 1 aromatic heterocycles. The van der Waals surface area contributed by atoms with Crippen LogP contribution in [0.1, 0.15) is 72.5 Å². The van der Waals surface area contributed by atoms with Crippen LogP contribution in [0.5, 0.6) is 0 Å². The molecule has 3 aromatic rings. The van der Waals surface area contributed by atoms with Crippen molar-refractivity contribution in [3.8, 4) is 0 Å². The number of carbonyl (C=O) groups excluding carboxylic acids is 1. The van der Waals surface area contributed by atoms with Gasteiger partial charge in [-0.3, -0.25) is 9.98 Å². The number of ether oxygens (including phenoxy) is 1. The van der Waals surface area contributed by atoms with Crippen LogP contribution >= 0.6 is 0 Å². The molecule has 0 amide bonds. The SMILES string of the molecule is CCOC(=O)c1cc(C)c2c(c1)CC([C@H](C)C1CCC(c3ccnc4ccc(F)cc34)CC1)=N2. The molecule has 1 saturated carbocycles. The van der Waals surface area contributed by atoms with Gasteiger partial charge in [-0.05, 0) is 110 Å². The predicted octanol–water partition coefficient (Wildman–Crippen LogP) is 7.10. The number of benzene rings is 2. The number of nitrogens with zero attached hydrogens (tertiary/aromatic N) is 2. The smallest absolute Gasteiger partial charge is 0.338 e. The largest absolute Gasteiger partial charge is 0.462 e. The number of rotatable bonds is 5. The van der Waals surface area contributed by atoms with Gasteiger partial charge in [0.05, 0.1) is 23.4 Å². The molecule has 0 unspecified atom stereocenters. The summed E-state index contributed by atoms with van der Waals surface area (Å²) in [6.45, 7) is 6.52. The van der Waals surface area contributed by atoms with Crippen molar-refractivity contribution in [1.82, 2.24) is 4.98 Å². The fourth-order valence-electron chi connectivity index (χ4n) is 5.82. The Morgan fingerprint density at radius 3 is 2.71 bits per heavy atom. The molecule has 5 rings (SSSR count). The number of hydrogen-bond donors (Lipinski definition) is 0. The number of fused-ring (bicyclic) bond motifs is 2. The predicted molar refractivity (Wildman–Crippen MR) is 133 cm³/mol. The Balaban J connectivity index is 1.28. The first-order chi connectivity index (χ1) is 16.4. The van der Waals surface area contributed by atoms with Gasteiger partial charge in [-0.1, -0.05) is 6.92 Å². The fraction of sp³-hybridized carbons (Fsp3) is 0.414. The van der Waals surface area contributed by atoms with Gasteiger partial charge in [-0.25, -0.2) is 9.18 Å². The summed E-state index contributed by atoms with van der Waals surface area (Å²) in [4.78, 5) is 21.7. The zero-order valence-corrected chi connectivity index (χ0v) is 20.1. The Morgan fingerprint density at radius 2 is 1.94 bits per heavy atom. The summed E-state index contributed by atoms with van der Waals surface area (Å²) in [5.41, 5.74) is 7.11. The summed E-state index contributed by atoms with van der Waals surface area (Å²) >= 11 is 0. The highest BCUT2D eigenvalue weighted by molar-refractivity contribution is 5.98. The minimum atomic E-state index is -0.267. The Labute approximate surface area is 200 Å². The van der Waals surface area contributed by atoms with E-state index in [1.54, 1.807) is 12.1 Å². The fourth-order valence-corrected chi connectivity index (χ4v) is 5.82. The maximum atomic E-state index is 13.9. The summed E-state index contributed by atoms with van der Waals surface area (Å²) in [7, 11) is 0. The number of pyridine rings is 1. The van der Waals surface area contributed by atoms with E-state index in [1.807, 2.05) is 32.2 Å². The highest BCUT2D eigenvalue weighted by Gasteiger charge is 2.31. The van der Waals surface area contributed by atoms with Crippen molar-refractivity contribution >= 4 is 28.3 Å². The molecule has 5 heteroatoms. The van der Waals surface area contributed by atoms with Crippen LogP contribution in [0.4, 0.5) is 10.1 Å². The van der Waals surface area contributed by atoms with Crippen LogP contribution in [-0.2, 0) is 11.2 Å². The Bertz CT molecular complexity index is 1270. The maximum absolute atomic E-state index is 13.9. The minimum Gasteiger partial charge on any atom is -0.462 e. The van der Waals surface area contributed by atoms with Gasteiger partial charge in [-0.15, -0.1) is 0 Å². The second-order valence-corrected chi connectivity index (χ2v) is 9.76. The minimum absolute atomic E-state index is 0.204. The summed E-state index contributed by atoms with van der Waals surface area (Å²) < 4.78 is 19.1. The molecule has 2 aliphatic rings. The Kier molecular flexibility index (Phi) is 6.20. The van der Waals surface area contributed by atoms with Gasteiger partial charge < -0.3 is 4.74 Å². The molecule has 1 aliphatic carbocycles. The van der Waals surface area contributed by atoms with Crippen molar-refractivity contribution in [3.63, 3.8) is 0 Å². The van der Waals surface area contributed by atoms with Gasteiger partial charge in [-0.2, -0.15) is 0 Å². The van der Waals surface area contributed by atoms with Gasteiger partial charge in [0.25, 0.3) is 0 Å². The lowest BCUT2D eigenvalue weighted by molar-refractivity contribution is 0.0526. The third kappa shape index (κ3) is 4.24. The van der Waals surface area contributed by atoms with E-state index in [4.69, 9.17) is 9.73 Å². The lowest BCUT2D eigenvalue weighted by Gasteiger charge is -2.33. The Hall–Kier alpha value is -3.08. The first-order valence-corrected chi connectivity index (χ1v) is 12.4. The number of carbonyl (C=O) groups is 1. The average Bonchev–Trinajstić information content (AvgIpc) is 3.28. The topological polar surface area (TPSA) is 51.5 Å². The first-order valence-electron chi connectivity index (χ1n) is 12.4. The van der Waals surface area contributed by atoms with Crippen LogP contribution in [0.2, 0.25) is 0 Å². The van der Waals surface area contributed by atoms with Gasteiger partial charge in [0.1, 0.15) is 5.82 Å². The normalized spacial score (nSPS) is 20.6. The van der Waals surface area contributed by atoms with Gasteiger partial charge in [0.15, 0.2) is 0 Å². The van der Waals surface area contributed by atoms with E-state index in [-0.39, 0.29) is 11.8 Å². The van der Waals surface area contributed by atoms with Crippen LogP contribution in [0.25, 0.3) is 10.9 Å². The summed E-state index contributed by atoms with van der Waals surface area (Å²) in [5, 5.41) is 0.947. The van der Waals surface area contributed by atoms with E-state index in [0.29, 0.717) is 29.9 Å². The van der Waals surface area contributed by atoms with Crippen molar-refractivity contribution in [2.45, 2.75) is 58.8 Å². The standard InChI is InChI=1S/C29H31FN2O2/c1-4-34-29(33)22-13-17(2)28-21(14-22)15-27(32-28)18(3)19-5-7-20(8-6-19)24-11-12-31-26-10-9-23(30)16-25(24)26/h9-14,16,18-20H,4-8,15H2,1-3H3/t18-,19?,20?/m1/s1. The molecule has 0 N–H and O–H groups in total. The third-order valence-corrected chi connectivity index (χ3v) is 7.70. The molecule has 0 saturated heterocycles. The summed E-state index contributed by atoms with van der Waals surface area (Å²) in [6, 6.07) is 10.8. The molecule has 2 heterocycles. The monoisotopic (exact) mass is 458 g/mol. The van der Waals surface area contributed by atoms with Gasteiger partial charge in [0, 0.05) is 23.7 Å². The van der Waals surface area contributed by atoms with E-state index in [2.05, 4.69) is 18.0 Å². The molecule has 0 spiro atoms. The molecule has 0 bridgehead atoms.